The first-order chi connectivity index (χ1) is 12.4. The van der Waals surface area contributed by atoms with Crippen LogP contribution in [0.4, 0.5) is 0 Å². The first-order valence-corrected chi connectivity index (χ1v) is 10.2. The number of rotatable bonds is 7. The number of hydrogen-bond donors (Lipinski definition) is 2. The Morgan fingerprint density at radius 2 is 2.12 bits per heavy atom. The third kappa shape index (κ3) is 2.60. The quantitative estimate of drug-likeness (QED) is 0.713. The van der Waals surface area contributed by atoms with Crippen LogP contribution in [-0.2, 0) is 14.4 Å². The molecule has 1 aromatic rings. The Balaban J connectivity index is 2.10. The molecule has 0 aromatic carbocycles. The fraction of sp³-hybridized carbons (Fsp3) is 0.632. The van der Waals surface area contributed by atoms with Crippen LogP contribution in [0.2, 0.25) is 0 Å². The topological polar surface area (TPSA) is 86.7 Å². The summed E-state index contributed by atoms with van der Waals surface area (Å²) in [7, 11) is 0. The highest BCUT2D eigenvalue weighted by Gasteiger charge is 2.69. The molecule has 2 saturated heterocycles. The van der Waals surface area contributed by atoms with Crippen molar-refractivity contribution in [2.45, 2.75) is 51.6 Å². The van der Waals surface area contributed by atoms with Crippen LogP contribution in [0, 0.1) is 17.8 Å². The van der Waals surface area contributed by atoms with Gasteiger partial charge in [-0.05, 0) is 23.8 Å². The molecule has 2 aliphatic heterocycles. The van der Waals surface area contributed by atoms with Crippen molar-refractivity contribution in [2.75, 3.05) is 6.54 Å². The molecule has 3 heterocycles. The standard InChI is InChI=1S/C19H26N2O4S/c1-4-6-9-21-16(22)13-14(17(21)23)19(18(24)25,11(3)5-2)20-15(13)12-8-7-10-26-12/h7-8,10-11,13-15,20H,4-6,9H2,1-3H3,(H,24,25). The van der Waals surface area contributed by atoms with Crippen LogP contribution in [0.15, 0.2) is 17.5 Å². The Bertz CT molecular complexity index is 704. The average molecular weight is 378 g/mol. The van der Waals surface area contributed by atoms with E-state index in [4.69, 9.17) is 0 Å². The second-order valence-electron chi connectivity index (χ2n) is 7.31. The highest BCUT2D eigenvalue weighted by molar-refractivity contribution is 7.10. The zero-order chi connectivity index (χ0) is 19.1. The Labute approximate surface area is 157 Å². The highest BCUT2D eigenvalue weighted by Crippen LogP contribution is 2.52. The zero-order valence-electron chi connectivity index (χ0n) is 15.4. The number of carbonyl (C=O) groups excluding carboxylic acids is 2. The Kier molecular flexibility index (Phi) is 5.21. The molecule has 0 aliphatic carbocycles. The molecule has 5 atom stereocenters. The molecule has 0 radical (unpaired) electrons. The smallest absolute Gasteiger partial charge is 0.325 e. The fourth-order valence-corrected chi connectivity index (χ4v) is 5.26. The molecule has 0 saturated carbocycles. The van der Waals surface area contributed by atoms with Crippen molar-refractivity contribution in [1.82, 2.24) is 10.2 Å². The van der Waals surface area contributed by atoms with E-state index in [1.807, 2.05) is 38.3 Å². The molecule has 2 amide bonds. The number of nitrogens with one attached hydrogen (secondary N) is 1. The predicted molar refractivity (Wildman–Crippen MR) is 98.6 cm³/mol. The van der Waals surface area contributed by atoms with Crippen LogP contribution in [0.1, 0.15) is 51.0 Å². The van der Waals surface area contributed by atoms with Crippen molar-refractivity contribution < 1.29 is 19.5 Å². The summed E-state index contributed by atoms with van der Waals surface area (Å²) in [5, 5.41) is 15.3. The minimum absolute atomic E-state index is 0.231. The van der Waals surface area contributed by atoms with Crippen molar-refractivity contribution in [3.8, 4) is 0 Å². The van der Waals surface area contributed by atoms with E-state index in [2.05, 4.69) is 5.32 Å². The third-order valence-corrected chi connectivity index (χ3v) is 6.97. The largest absolute Gasteiger partial charge is 0.480 e. The van der Waals surface area contributed by atoms with Gasteiger partial charge in [-0.2, -0.15) is 0 Å². The molecule has 0 bridgehead atoms. The van der Waals surface area contributed by atoms with Gasteiger partial charge in [-0.25, -0.2) is 0 Å². The summed E-state index contributed by atoms with van der Waals surface area (Å²) in [4.78, 5) is 40.9. The van der Waals surface area contributed by atoms with Crippen LogP contribution in [0.3, 0.4) is 0 Å². The van der Waals surface area contributed by atoms with Crippen LogP contribution < -0.4 is 5.32 Å². The van der Waals surface area contributed by atoms with E-state index in [9.17, 15) is 19.5 Å². The van der Waals surface area contributed by atoms with Gasteiger partial charge in [0.1, 0.15) is 5.54 Å². The molecule has 0 spiro atoms. The average Bonchev–Trinajstić information content (AvgIpc) is 3.31. The molecule has 2 N–H and O–H groups in total. The van der Waals surface area contributed by atoms with Crippen LogP contribution in [-0.4, -0.2) is 39.9 Å². The van der Waals surface area contributed by atoms with E-state index in [1.54, 1.807) is 0 Å². The number of carbonyl (C=O) groups is 3. The van der Waals surface area contributed by atoms with Crippen LogP contribution >= 0.6 is 11.3 Å². The van der Waals surface area contributed by atoms with Gasteiger partial charge in [0.25, 0.3) is 0 Å². The first-order valence-electron chi connectivity index (χ1n) is 9.29. The van der Waals surface area contributed by atoms with Crippen molar-refractivity contribution in [3.63, 3.8) is 0 Å². The molecule has 142 valence electrons. The second kappa shape index (κ2) is 7.12. The number of likely N-dealkylation sites (tertiary alicyclic amines) is 1. The van der Waals surface area contributed by atoms with Gasteiger partial charge in [0.2, 0.25) is 11.8 Å². The summed E-state index contributed by atoms with van der Waals surface area (Å²) in [6, 6.07) is 3.35. The lowest BCUT2D eigenvalue weighted by Gasteiger charge is -2.36. The molecular formula is C19H26N2O4S. The monoisotopic (exact) mass is 378 g/mol. The minimum Gasteiger partial charge on any atom is -0.480 e. The number of thiophene rings is 1. The van der Waals surface area contributed by atoms with Crippen molar-refractivity contribution in [2.24, 2.45) is 17.8 Å². The van der Waals surface area contributed by atoms with E-state index in [0.717, 1.165) is 17.7 Å². The van der Waals surface area contributed by atoms with E-state index < -0.39 is 29.4 Å². The van der Waals surface area contributed by atoms with E-state index in [1.165, 1.54) is 16.2 Å². The van der Waals surface area contributed by atoms with Gasteiger partial charge in [-0.3, -0.25) is 24.6 Å². The van der Waals surface area contributed by atoms with Gasteiger partial charge in [0, 0.05) is 11.4 Å². The second-order valence-corrected chi connectivity index (χ2v) is 8.29. The molecule has 3 rings (SSSR count). The maximum absolute atomic E-state index is 13.2. The predicted octanol–water partition coefficient (Wildman–Crippen LogP) is 2.66. The maximum Gasteiger partial charge on any atom is 0.325 e. The van der Waals surface area contributed by atoms with Gasteiger partial charge in [-0.15, -0.1) is 11.3 Å². The van der Waals surface area contributed by atoms with Gasteiger partial charge in [0.15, 0.2) is 0 Å². The molecule has 5 unspecified atom stereocenters. The van der Waals surface area contributed by atoms with Gasteiger partial charge >= 0.3 is 5.97 Å². The summed E-state index contributed by atoms with van der Waals surface area (Å²) in [6.07, 6.45) is 2.21. The molecule has 7 heteroatoms. The molecule has 2 aliphatic rings. The normalized spacial score (nSPS) is 32.1. The highest BCUT2D eigenvalue weighted by atomic mass is 32.1. The maximum atomic E-state index is 13.2. The lowest BCUT2D eigenvalue weighted by atomic mass is 9.72. The lowest BCUT2D eigenvalue weighted by molar-refractivity contribution is -0.154. The van der Waals surface area contributed by atoms with Gasteiger partial charge in [0.05, 0.1) is 17.9 Å². The summed E-state index contributed by atoms with van der Waals surface area (Å²) < 4.78 is 0. The van der Waals surface area contributed by atoms with Crippen molar-refractivity contribution in [3.05, 3.63) is 22.4 Å². The number of fused-ring (bicyclic) bond motifs is 1. The number of imide groups is 1. The summed E-state index contributed by atoms with van der Waals surface area (Å²) in [5.74, 6) is -3.39. The molecule has 1 aromatic heterocycles. The van der Waals surface area contributed by atoms with Crippen LogP contribution in [0.25, 0.3) is 0 Å². The number of carboxylic acids is 1. The Morgan fingerprint density at radius 1 is 1.38 bits per heavy atom. The fourth-order valence-electron chi connectivity index (χ4n) is 4.43. The first kappa shape index (κ1) is 19.0. The van der Waals surface area contributed by atoms with Gasteiger partial charge < -0.3 is 5.11 Å². The third-order valence-electron chi connectivity index (χ3n) is 6.01. The van der Waals surface area contributed by atoms with Crippen molar-refractivity contribution in [1.29, 1.82) is 0 Å². The summed E-state index contributed by atoms with van der Waals surface area (Å²) in [5.41, 5.74) is -1.41. The van der Waals surface area contributed by atoms with Crippen LogP contribution in [0.5, 0.6) is 0 Å². The summed E-state index contributed by atoms with van der Waals surface area (Å²) in [6.45, 7) is 6.14. The number of unbranched alkanes of at least 4 members (excludes halogenated alkanes) is 1. The number of carboxylic acid groups (broad SMARTS) is 1. The number of aliphatic carboxylic acids is 1. The number of nitrogens with zero attached hydrogens (tertiary/aromatic N) is 1. The van der Waals surface area contributed by atoms with E-state index >= 15 is 0 Å². The van der Waals surface area contributed by atoms with Gasteiger partial charge in [-0.1, -0.05) is 39.7 Å². The Morgan fingerprint density at radius 3 is 2.65 bits per heavy atom. The molecular weight excluding hydrogens is 352 g/mol. The zero-order valence-corrected chi connectivity index (χ0v) is 16.2. The van der Waals surface area contributed by atoms with E-state index in [0.29, 0.717) is 13.0 Å². The number of amides is 2. The van der Waals surface area contributed by atoms with Crippen molar-refractivity contribution >= 4 is 29.1 Å². The minimum atomic E-state index is -1.41. The summed E-state index contributed by atoms with van der Waals surface area (Å²) >= 11 is 1.49. The molecule has 2 fully saturated rings. The number of hydrogen-bond acceptors (Lipinski definition) is 5. The molecule has 26 heavy (non-hydrogen) atoms. The van der Waals surface area contributed by atoms with E-state index in [-0.39, 0.29) is 17.7 Å². The lowest BCUT2D eigenvalue weighted by Crippen LogP contribution is -2.59. The SMILES string of the molecule is CCCCN1C(=O)C2C(c3cccs3)NC(C(=O)O)(C(C)CC)C2C1=O. The Hall–Kier alpha value is -1.73. The molecule has 6 nitrogen and oxygen atoms in total.